The van der Waals surface area contributed by atoms with Crippen molar-refractivity contribution in [1.29, 1.82) is 0 Å². The zero-order valence-corrected chi connectivity index (χ0v) is 17.5. The van der Waals surface area contributed by atoms with Gasteiger partial charge in [-0.05, 0) is 45.4 Å². The number of hydrogen-bond donors (Lipinski definition) is 1. The first kappa shape index (κ1) is 21.1. The number of rotatable bonds is 6. The number of carbonyl (C=O) groups excluding carboxylic acids is 1. The van der Waals surface area contributed by atoms with Crippen molar-refractivity contribution in [3.63, 3.8) is 0 Å². The summed E-state index contributed by atoms with van der Waals surface area (Å²) in [5, 5.41) is 2.83. The molecule has 0 radical (unpaired) electrons. The Morgan fingerprint density at radius 1 is 0.897 bits per heavy atom. The number of amides is 1. The van der Waals surface area contributed by atoms with Gasteiger partial charge in [0.2, 0.25) is 0 Å². The molecule has 1 fully saturated rings. The first-order chi connectivity index (χ1) is 13.8. The van der Waals surface area contributed by atoms with E-state index in [9.17, 15) is 4.79 Å². The lowest BCUT2D eigenvalue weighted by Crippen LogP contribution is -2.41. The highest BCUT2D eigenvalue weighted by Crippen LogP contribution is 2.40. The average molecular weight is 389 g/mol. The van der Waals surface area contributed by atoms with Crippen LogP contribution in [-0.2, 0) is 9.31 Å². The maximum atomic E-state index is 12.3. The van der Waals surface area contributed by atoms with E-state index in [2.05, 4.69) is 5.32 Å². The Kier molecular flexibility index (Phi) is 6.41. The van der Waals surface area contributed by atoms with Crippen molar-refractivity contribution in [1.82, 2.24) is 5.32 Å². The first-order valence-corrected chi connectivity index (χ1v) is 9.90. The van der Waals surface area contributed by atoms with Crippen molar-refractivity contribution in [2.75, 3.05) is 0 Å². The van der Waals surface area contributed by atoms with Crippen LogP contribution < -0.4 is 5.32 Å². The Morgan fingerprint density at radius 2 is 1.45 bits per heavy atom. The lowest BCUT2D eigenvalue weighted by atomic mass is 9.71. The number of allylic oxidation sites excluding steroid dienone is 2. The molecule has 0 saturated carbocycles. The molecule has 1 atom stereocenters. The number of nitrogens with one attached hydrogen (secondary N) is 1. The van der Waals surface area contributed by atoms with Crippen LogP contribution in [0.3, 0.4) is 0 Å². The molecule has 1 aliphatic rings. The molecule has 3 rings (SSSR count). The van der Waals surface area contributed by atoms with Crippen LogP contribution in [0.2, 0.25) is 5.82 Å². The van der Waals surface area contributed by atoms with Crippen LogP contribution in [0.25, 0.3) is 6.08 Å². The second kappa shape index (κ2) is 8.81. The van der Waals surface area contributed by atoms with E-state index in [1.807, 2.05) is 94.5 Å². The third-order valence-electron chi connectivity index (χ3n) is 5.47. The minimum Gasteiger partial charge on any atom is -0.403 e. The highest BCUT2D eigenvalue weighted by Gasteiger charge is 2.52. The number of hydrogen-bond acceptors (Lipinski definition) is 3. The molecule has 4 nitrogen and oxygen atoms in total. The zero-order chi connectivity index (χ0) is 20.9. The van der Waals surface area contributed by atoms with Crippen molar-refractivity contribution in [3.05, 3.63) is 90.1 Å². The molecule has 1 N–H and O–H groups in total. The highest BCUT2D eigenvalue weighted by atomic mass is 16.7. The molecule has 1 unspecified atom stereocenters. The minimum absolute atomic E-state index is 0.151. The average Bonchev–Trinajstić information content (AvgIpc) is 2.93. The molecule has 0 aliphatic carbocycles. The standard InChI is InChI=1S/C24H28BNO3/c1-23(2)24(3,4)29-25(28-23)21(16-15-19-11-7-5-8-12-19)17-18-26-22(27)20-13-9-6-10-14-20/h5-18,21H,1-4H3,(H,26,27)/b16-15+,18-17+. The topological polar surface area (TPSA) is 47.6 Å². The molecule has 1 heterocycles. The fourth-order valence-corrected chi connectivity index (χ4v) is 2.99. The smallest absolute Gasteiger partial charge is 0.403 e. The second-order valence-electron chi connectivity index (χ2n) is 8.17. The highest BCUT2D eigenvalue weighted by molar-refractivity contribution is 6.49. The van der Waals surface area contributed by atoms with Gasteiger partial charge in [0.05, 0.1) is 11.2 Å². The summed E-state index contributed by atoms with van der Waals surface area (Å²) in [6.07, 6.45) is 7.66. The first-order valence-electron chi connectivity index (χ1n) is 9.90. The van der Waals surface area contributed by atoms with E-state index < -0.39 is 18.3 Å². The Balaban J connectivity index is 1.76. The number of carbonyl (C=O) groups is 1. The summed E-state index contributed by atoms with van der Waals surface area (Å²) in [5.74, 6) is -0.311. The van der Waals surface area contributed by atoms with Crippen molar-refractivity contribution >= 4 is 19.1 Å². The minimum atomic E-state index is -0.440. The van der Waals surface area contributed by atoms with Crippen molar-refractivity contribution in [3.8, 4) is 0 Å². The Labute approximate surface area is 173 Å². The van der Waals surface area contributed by atoms with Gasteiger partial charge in [0.1, 0.15) is 0 Å². The molecule has 150 valence electrons. The molecule has 2 aromatic carbocycles. The molecular weight excluding hydrogens is 361 g/mol. The lowest BCUT2D eigenvalue weighted by molar-refractivity contribution is 0.00578. The zero-order valence-electron chi connectivity index (χ0n) is 17.5. The van der Waals surface area contributed by atoms with E-state index in [1.165, 1.54) is 0 Å². The molecule has 0 bridgehead atoms. The van der Waals surface area contributed by atoms with Crippen LogP contribution >= 0.6 is 0 Å². The molecule has 1 saturated heterocycles. The van der Waals surface area contributed by atoms with Crippen LogP contribution in [0.5, 0.6) is 0 Å². The van der Waals surface area contributed by atoms with E-state index in [0.29, 0.717) is 5.56 Å². The van der Waals surface area contributed by atoms with E-state index >= 15 is 0 Å². The predicted molar refractivity (Wildman–Crippen MR) is 118 cm³/mol. The van der Waals surface area contributed by atoms with Crippen LogP contribution in [0.1, 0.15) is 43.6 Å². The van der Waals surface area contributed by atoms with Gasteiger partial charge in [-0.2, -0.15) is 0 Å². The lowest BCUT2D eigenvalue weighted by Gasteiger charge is -2.32. The predicted octanol–water partition coefficient (Wildman–Crippen LogP) is 5.11. The summed E-state index contributed by atoms with van der Waals surface area (Å²) in [6, 6.07) is 19.2. The van der Waals surface area contributed by atoms with Crippen molar-refractivity contribution in [2.24, 2.45) is 0 Å². The fraction of sp³-hybridized carbons (Fsp3) is 0.292. The van der Waals surface area contributed by atoms with Crippen LogP contribution in [0.4, 0.5) is 0 Å². The monoisotopic (exact) mass is 389 g/mol. The Bertz CT molecular complexity index is 860. The van der Waals surface area contributed by atoms with Crippen molar-refractivity contribution in [2.45, 2.75) is 44.7 Å². The van der Waals surface area contributed by atoms with E-state index in [0.717, 1.165) is 5.56 Å². The SMILES string of the molecule is CC1(C)OB(C(/C=C/NC(=O)c2ccccc2)/C=C/c2ccccc2)OC1(C)C. The third kappa shape index (κ3) is 5.25. The van der Waals surface area contributed by atoms with Gasteiger partial charge in [-0.25, -0.2) is 0 Å². The Hall–Kier alpha value is -2.63. The summed E-state index contributed by atoms with van der Waals surface area (Å²) in [4.78, 5) is 12.3. The molecule has 2 aromatic rings. The van der Waals surface area contributed by atoms with Gasteiger partial charge in [0.25, 0.3) is 5.91 Å². The quantitative estimate of drug-likeness (QED) is 0.699. The van der Waals surface area contributed by atoms with Gasteiger partial charge in [0.15, 0.2) is 0 Å². The maximum Gasteiger partial charge on any atom is 0.469 e. The molecular formula is C24H28BNO3. The van der Waals surface area contributed by atoms with E-state index in [-0.39, 0.29) is 11.7 Å². The second-order valence-corrected chi connectivity index (χ2v) is 8.17. The largest absolute Gasteiger partial charge is 0.469 e. The Morgan fingerprint density at radius 3 is 2.03 bits per heavy atom. The van der Waals surface area contributed by atoms with Gasteiger partial charge >= 0.3 is 7.12 Å². The van der Waals surface area contributed by atoms with E-state index in [1.54, 1.807) is 18.3 Å². The summed E-state index contributed by atoms with van der Waals surface area (Å²) in [7, 11) is -0.440. The van der Waals surface area contributed by atoms with Gasteiger partial charge in [-0.3, -0.25) is 4.79 Å². The molecule has 29 heavy (non-hydrogen) atoms. The summed E-state index contributed by atoms with van der Waals surface area (Å²) < 4.78 is 12.4. The van der Waals surface area contributed by atoms with Crippen LogP contribution in [0.15, 0.2) is 79.0 Å². The van der Waals surface area contributed by atoms with Crippen LogP contribution in [-0.4, -0.2) is 24.2 Å². The maximum absolute atomic E-state index is 12.3. The molecule has 0 spiro atoms. The summed E-state index contributed by atoms with van der Waals surface area (Å²) in [5.41, 5.74) is 0.870. The number of benzene rings is 2. The summed E-state index contributed by atoms with van der Waals surface area (Å²) in [6.45, 7) is 8.13. The fourth-order valence-electron chi connectivity index (χ4n) is 2.99. The van der Waals surface area contributed by atoms with Crippen molar-refractivity contribution < 1.29 is 14.1 Å². The van der Waals surface area contributed by atoms with Gasteiger partial charge in [-0.1, -0.05) is 66.8 Å². The third-order valence-corrected chi connectivity index (χ3v) is 5.47. The molecule has 0 aromatic heterocycles. The van der Waals surface area contributed by atoms with Gasteiger partial charge in [-0.15, -0.1) is 0 Å². The molecule has 5 heteroatoms. The van der Waals surface area contributed by atoms with Crippen LogP contribution in [0, 0.1) is 0 Å². The van der Waals surface area contributed by atoms with E-state index in [4.69, 9.17) is 9.31 Å². The molecule has 1 amide bonds. The summed E-state index contributed by atoms with van der Waals surface area (Å²) >= 11 is 0. The van der Waals surface area contributed by atoms with Gasteiger partial charge < -0.3 is 14.6 Å². The molecule has 1 aliphatic heterocycles. The normalized spacial score (nSPS) is 19.0. The van der Waals surface area contributed by atoms with Gasteiger partial charge in [0, 0.05) is 17.6 Å².